The molecule has 0 atom stereocenters. The van der Waals surface area contributed by atoms with E-state index in [9.17, 15) is 4.79 Å². The second kappa shape index (κ2) is 6.57. The van der Waals surface area contributed by atoms with Crippen LogP contribution in [0.3, 0.4) is 0 Å². The highest BCUT2D eigenvalue weighted by Gasteiger charge is 2.17. The van der Waals surface area contributed by atoms with Crippen molar-refractivity contribution in [3.8, 4) is 0 Å². The van der Waals surface area contributed by atoms with Crippen LogP contribution in [0.5, 0.6) is 0 Å². The molecule has 0 saturated heterocycles. The third kappa shape index (κ3) is 3.26. The molecule has 104 valence electrons. The highest BCUT2D eigenvalue weighted by molar-refractivity contribution is 5.95. The van der Waals surface area contributed by atoms with Crippen molar-refractivity contribution in [2.24, 2.45) is 0 Å². The lowest BCUT2D eigenvalue weighted by atomic mass is 10.1. The van der Waals surface area contributed by atoms with Gasteiger partial charge in [-0.2, -0.15) is 0 Å². The number of rotatable bonds is 6. The van der Waals surface area contributed by atoms with E-state index in [1.165, 1.54) is 5.56 Å². The third-order valence-electron chi connectivity index (χ3n) is 3.44. The smallest absolute Gasteiger partial charge is 0.253 e. The zero-order chi connectivity index (χ0) is 13.7. The number of fused-ring (bicyclic) bond motifs is 1. The summed E-state index contributed by atoms with van der Waals surface area (Å²) in [6, 6.07) is 5.93. The van der Waals surface area contributed by atoms with Gasteiger partial charge in [0, 0.05) is 37.5 Å². The molecule has 1 amide bonds. The number of benzene rings is 1. The number of anilines is 1. The summed E-state index contributed by atoms with van der Waals surface area (Å²) in [4.78, 5) is 14.3. The van der Waals surface area contributed by atoms with Crippen LogP contribution in [0.4, 0.5) is 5.69 Å². The third-order valence-corrected chi connectivity index (χ3v) is 3.44. The number of nitrogens with one attached hydrogen (secondary N) is 1. The number of nitrogens with zero attached hydrogens (tertiary/aromatic N) is 1. The summed E-state index contributed by atoms with van der Waals surface area (Å²) >= 11 is 0. The average Bonchev–Trinajstić information content (AvgIpc) is 2.90. The van der Waals surface area contributed by atoms with Gasteiger partial charge in [-0.25, -0.2) is 0 Å². The molecule has 0 aromatic heterocycles. The van der Waals surface area contributed by atoms with Gasteiger partial charge in [0.25, 0.3) is 5.91 Å². The van der Waals surface area contributed by atoms with Crippen molar-refractivity contribution in [1.82, 2.24) is 4.90 Å². The normalized spacial score (nSPS) is 12.9. The molecule has 1 N–H and O–H groups in total. The minimum absolute atomic E-state index is 0.0944. The highest BCUT2D eigenvalue weighted by atomic mass is 16.5. The van der Waals surface area contributed by atoms with Gasteiger partial charge in [-0.05, 0) is 44.0 Å². The minimum Gasteiger partial charge on any atom is -0.384 e. The van der Waals surface area contributed by atoms with Gasteiger partial charge >= 0.3 is 0 Å². The fourth-order valence-electron chi connectivity index (χ4n) is 2.34. The fourth-order valence-corrected chi connectivity index (χ4v) is 2.34. The van der Waals surface area contributed by atoms with Gasteiger partial charge in [0.15, 0.2) is 0 Å². The Hall–Kier alpha value is -1.55. The molecule has 0 fully saturated rings. The SMILES string of the molecule is CCOCCN(CC)C(=O)c1ccc2c(c1)CCN2. The van der Waals surface area contributed by atoms with Crippen LogP contribution in [-0.4, -0.2) is 43.7 Å². The van der Waals surface area contributed by atoms with Gasteiger partial charge in [0.05, 0.1) is 6.61 Å². The molecule has 4 heteroatoms. The predicted molar refractivity (Wildman–Crippen MR) is 76.7 cm³/mol. The number of hydrogen-bond acceptors (Lipinski definition) is 3. The van der Waals surface area contributed by atoms with Crippen LogP contribution in [0.2, 0.25) is 0 Å². The van der Waals surface area contributed by atoms with Gasteiger partial charge in [-0.15, -0.1) is 0 Å². The van der Waals surface area contributed by atoms with E-state index >= 15 is 0 Å². The number of ether oxygens (including phenoxy) is 1. The van der Waals surface area contributed by atoms with Gasteiger partial charge in [-0.3, -0.25) is 4.79 Å². The van der Waals surface area contributed by atoms with Crippen LogP contribution in [0.1, 0.15) is 29.8 Å². The van der Waals surface area contributed by atoms with E-state index in [-0.39, 0.29) is 5.91 Å². The molecule has 0 saturated carbocycles. The molecular weight excluding hydrogens is 240 g/mol. The molecule has 1 aromatic rings. The van der Waals surface area contributed by atoms with Gasteiger partial charge in [0.1, 0.15) is 0 Å². The molecule has 0 radical (unpaired) electrons. The van der Waals surface area contributed by atoms with E-state index < -0.39 is 0 Å². The first kappa shape index (κ1) is 13.9. The second-order valence-electron chi connectivity index (χ2n) is 4.63. The summed E-state index contributed by atoms with van der Waals surface area (Å²) in [6.07, 6.45) is 1.00. The maximum absolute atomic E-state index is 12.4. The van der Waals surface area contributed by atoms with E-state index in [2.05, 4.69) is 5.32 Å². The molecule has 1 heterocycles. The van der Waals surface area contributed by atoms with E-state index in [0.717, 1.165) is 24.2 Å². The zero-order valence-corrected chi connectivity index (χ0v) is 11.7. The molecule has 0 aliphatic carbocycles. The van der Waals surface area contributed by atoms with Crippen molar-refractivity contribution in [3.63, 3.8) is 0 Å². The predicted octanol–water partition coefficient (Wildman–Crippen LogP) is 2.15. The Balaban J connectivity index is 2.04. The first-order chi connectivity index (χ1) is 9.26. The highest BCUT2D eigenvalue weighted by Crippen LogP contribution is 2.23. The molecule has 19 heavy (non-hydrogen) atoms. The largest absolute Gasteiger partial charge is 0.384 e. The Morgan fingerprint density at radius 1 is 1.42 bits per heavy atom. The summed E-state index contributed by atoms with van der Waals surface area (Å²) < 4.78 is 5.32. The molecule has 0 bridgehead atoms. The van der Waals surface area contributed by atoms with Crippen LogP contribution in [0.15, 0.2) is 18.2 Å². The first-order valence-corrected chi connectivity index (χ1v) is 7.00. The van der Waals surface area contributed by atoms with Crippen molar-refractivity contribution in [1.29, 1.82) is 0 Å². The van der Waals surface area contributed by atoms with Crippen molar-refractivity contribution >= 4 is 11.6 Å². The number of carbonyl (C=O) groups is 1. The summed E-state index contributed by atoms with van der Waals surface area (Å²) in [6.45, 7) is 7.58. The Bertz CT molecular complexity index is 446. The second-order valence-corrected chi connectivity index (χ2v) is 4.63. The van der Waals surface area contributed by atoms with Crippen molar-refractivity contribution in [2.75, 3.05) is 38.2 Å². The van der Waals surface area contributed by atoms with E-state index in [0.29, 0.717) is 26.3 Å². The Kier molecular flexibility index (Phi) is 4.80. The van der Waals surface area contributed by atoms with Gasteiger partial charge in [-0.1, -0.05) is 0 Å². The van der Waals surface area contributed by atoms with Crippen LogP contribution < -0.4 is 5.32 Å². The quantitative estimate of drug-likeness (QED) is 0.799. The van der Waals surface area contributed by atoms with Crippen LogP contribution in [0.25, 0.3) is 0 Å². The molecule has 0 unspecified atom stereocenters. The molecule has 0 spiro atoms. The number of amides is 1. The lowest BCUT2D eigenvalue weighted by Gasteiger charge is -2.21. The maximum Gasteiger partial charge on any atom is 0.253 e. The number of hydrogen-bond donors (Lipinski definition) is 1. The summed E-state index contributed by atoms with van der Waals surface area (Å²) in [5.41, 5.74) is 3.18. The monoisotopic (exact) mass is 262 g/mol. The van der Waals surface area contributed by atoms with Gasteiger partial charge in [0.2, 0.25) is 0 Å². The Labute approximate surface area is 114 Å². The lowest BCUT2D eigenvalue weighted by Crippen LogP contribution is -2.33. The van der Waals surface area contributed by atoms with Crippen LogP contribution >= 0.6 is 0 Å². The number of carbonyl (C=O) groups excluding carboxylic acids is 1. The molecule has 2 rings (SSSR count). The Morgan fingerprint density at radius 2 is 2.26 bits per heavy atom. The van der Waals surface area contributed by atoms with E-state index in [1.807, 2.05) is 36.9 Å². The van der Waals surface area contributed by atoms with E-state index in [1.54, 1.807) is 0 Å². The average molecular weight is 262 g/mol. The lowest BCUT2D eigenvalue weighted by molar-refractivity contribution is 0.0669. The van der Waals surface area contributed by atoms with Crippen LogP contribution in [-0.2, 0) is 11.2 Å². The molecule has 4 nitrogen and oxygen atoms in total. The maximum atomic E-state index is 12.4. The number of likely N-dealkylation sites (N-methyl/N-ethyl adjacent to an activating group) is 1. The van der Waals surface area contributed by atoms with Crippen LogP contribution in [0, 0.1) is 0 Å². The standard InChI is InChI=1S/C15H22N2O2/c1-3-17(9-10-19-4-2)15(18)13-5-6-14-12(11-13)7-8-16-14/h5-6,11,16H,3-4,7-10H2,1-2H3. The molecule has 1 aliphatic heterocycles. The Morgan fingerprint density at radius 3 is 3.00 bits per heavy atom. The van der Waals surface area contributed by atoms with Crippen molar-refractivity contribution in [3.05, 3.63) is 29.3 Å². The molecule has 1 aromatic carbocycles. The van der Waals surface area contributed by atoms with E-state index in [4.69, 9.17) is 4.74 Å². The fraction of sp³-hybridized carbons (Fsp3) is 0.533. The molecule has 1 aliphatic rings. The first-order valence-electron chi connectivity index (χ1n) is 7.00. The minimum atomic E-state index is 0.0944. The summed E-state index contributed by atoms with van der Waals surface area (Å²) in [5.74, 6) is 0.0944. The topological polar surface area (TPSA) is 41.6 Å². The zero-order valence-electron chi connectivity index (χ0n) is 11.7. The van der Waals surface area contributed by atoms with Crippen molar-refractivity contribution < 1.29 is 9.53 Å². The van der Waals surface area contributed by atoms with Crippen molar-refractivity contribution in [2.45, 2.75) is 20.3 Å². The van der Waals surface area contributed by atoms with Gasteiger partial charge < -0.3 is 15.0 Å². The summed E-state index contributed by atoms with van der Waals surface area (Å²) in [5, 5.41) is 3.31. The summed E-state index contributed by atoms with van der Waals surface area (Å²) in [7, 11) is 0. The molecular formula is C15H22N2O2.